The smallest absolute Gasteiger partial charge is 0.0653 e. The zero-order valence-corrected chi connectivity index (χ0v) is 7.27. The molecule has 0 atom stereocenters. The van der Waals surface area contributed by atoms with Gasteiger partial charge in [0, 0.05) is 0 Å². The summed E-state index contributed by atoms with van der Waals surface area (Å²) in [5.41, 5.74) is 1.40. The van der Waals surface area contributed by atoms with Crippen LogP contribution in [0.4, 0.5) is 0 Å². The second-order valence-electron chi connectivity index (χ2n) is 2.76. The second-order valence-corrected chi connectivity index (χ2v) is 4.42. The van der Waals surface area contributed by atoms with Crippen molar-refractivity contribution in [2.45, 2.75) is 11.1 Å². The van der Waals surface area contributed by atoms with E-state index in [0.29, 0.717) is 11.1 Å². The minimum atomic E-state index is 0.701. The summed E-state index contributed by atoms with van der Waals surface area (Å²) in [4.78, 5) is 0. The molecule has 2 radical (unpaired) electrons. The first-order chi connectivity index (χ1) is 5.45. The first kappa shape index (κ1) is 6.86. The van der Waals surface area contributed by atoms with Crippen molar-refractivity contribution in [2.75, 3.05) is 0 Å². The van der Waals surface area contributed by atoms with Gasteiger partial charge >= 0.3 is 0 Å². The fraction of sp³-hybridized carbons (Fsp3) is 0.200. The molecule has 2 aliphatic carbocycles. The Kier molecular flexibility index (Phi) is 1.90. The average molecular weight is 158 g/mol. The van der Waals surface area contributed by atoms with E-state index in [1.54, 1.807) is 0 Å². The first-order valence-electron chi connectivity index (χ1n) is 3.91. The van der Waals surface area contributed by atoms with Crippen molar-refractivity contribution in [1.29, 1.82) is 0 Å². The van der Waals surface area contributed by atoms with Gasteiger partial charge in [-0.1, -0.05) is 48.6 Å². The molecule has 0 aromatic rings. The van der Waals surface area contributed by atoms with Gasteiger partial charge < -0.3 is 0 Å². The lowest BCUT2D eigenvalue weighted by molar-refractivity contribution is 1.28. The van der Waals surface area contributed by atoms with E-state index >= 15 is 0 Å². The summed E-state index contributed by atoms with van der Waals surface area (Å²) < 4.78 is 0. The third-order valence-corrected chi connectivity index (χ3v) is 3.42. The van der Waals surface area contributed by atoms with E-state index in [0.717, 1.165) is 9.52 Å². The van der Waals surface area contributed by atoms with E-state index in [-0.39, 0.29) is 0 Å². The summed E-state index contributed by atoms with van der Waals surface area (Å²) in [7, 11) is 0.992. The van der Waals surface area contributed by atoms with Crippen molar-refractivity contribution in [2.24, 2.45) is 0 Å². The number of allylic oxidation sites excluding steroid dienone is 8. The zero-order valence-electron chi connectivity index (χ0n) is 6.27. The highest BCUT2D eigenvalue weighted by atomic mass is 28.2. The topological polar surface area (TPSA) is 0 Å². The molecule has 2 rings (SSSR count). The Labute approximate surface area is 69.8 Å². The molecule has 0 aromatic heterocycles. The highest BCUT2D eigenvalue weighted by molar-refractivity contribution is 6.43. The first-order valence-corrected chi connectivity index (χ1v) is 5.07. The van der Waals surface area contributed by atoms with Gasteiger partial charge in [-0.3, -0.25) is 0 Å². The molecule has 11 heavy (non-hydrogen) atoms. The fourth-order valence-electron chi connectivity index (χ4n) is 1.31. The van der Waals surface area contributed by atoms with E-state index in [1.807, 2.05) is 0 Å². The molecule has 2 aliphatic rings. The predicted octanol–water partition coefficient (Wildman–Crippen LogP) is 2.52. The third-order valence-electron chi connectivity index (χ3n) is 1.88. The van der Waals surface area contributed by atoms with Gasteiger partial charge in [-0.15, -0.1) is 0 Å². The molecule has 0 aliphatic heterocycles. The zero-order chi connectivity index (χ0) is 7.52. The molecule has 0 N–H and O–H groups in total. The van der Waals surface area contributed by atoms with E-state index in [1.165, 1.54) is 0 Å². The van der Waals surface area contributed by atoms with Crippen molar-refractivity contribution < 1.29 is 0 Å². The number of hydrogen-bond donors (Lipinski definition) is 0. The highest BCUT2D eigenvalue weighted by Gasteiger charge is 2.11. The Morgan fingerprint density at radius 3 is 1.36 bits per heavy atom. The largest absolute Gasteiger partial charge is 0.0809 e. The Morgan fingerprint density at radius 2 is 1.00 bits per heavy atom. The third kappa shape index (κ3) is 1.60. The van der Waals surface area contributed by atoms with Gasteiger partial charge in [-0.2, -0.15) is 0 Å². The monoisotopic (exact) mass is 158 g/mol. The maximum Gasteiger partial charge on any atom is 0.0653 e. The summed E-state index contributed by atoms with van der Waals surface area (Å²) in [5.74, 6) is 0. The van der Waals surface area contributed by atoms with Gasteiger partial charge in [0.15, 0.2) is 0 Å². The molecule has 54 valence electrons. The second kappa shape index (κ2) is 3.05. The van der Waals surface area contributed by atoms with Crippen LogP contribution in [0.2, 0.25) is 11.1 Å². The highest BCUT2D eigenvalue weighted by Crippen LogP contribution is 2.23. The molecular formula is C10H10Si. The van der Waals surface area contributed by atoms with Gasteiger partial charge in [-0.05, 0) is 11.1 Å². The van der Waals surface area contributed by atoms with Gasteiger partial charge in [0.2, 0.25) is 0 Å². The van der Waals surface area contributed by atoms with Crippen molar-refractivity contribution in [3.8, 4) is 0 Å². The molecular weight excluding hydrogens is 148 g/mol. The molecule has 0 fully saturated rings. The Morgan fingerprint density at radius 1 is 0.636 bits per heavy atom. The Balaban J connectivity index is 1.90. The molecule has 0 spiro atoms. The van der Waals surface area contributed by atoms with Crippen LogP contribution in [0.25, 0.3) is 0 Å². The van der Waals surface area contributed by atoms with E-state index in [4.69, 9.17) is 0 Å². The van der Waals surface area contributed by atoms with Gasteiger partial charge in [0.1, 0.15) is 0 Å². The molecule has 0 heterocycles. The summed E-state index contributed by atoms with van der Waals surface area (Å²) in [5, 5.41) is 0. The number of hydrogen-bond acceptors (Lipinski definition) is 0. The van der Waals surface area contributed by atoms with Crippen molar-refractivity contribution >= 4 is 9.52 Å². The standard InChI is InChI=1S/C10H10Si/c1-2-6-9(5-1)11-10-7-3-4-8-10/h1-10H. The van der Waals surface area contributed by atoms with Crippen LogP contribution < -0.4 is 0 Å². The quantitative estimate of drug-likeness (QED) is 0.542. The summed E-state index contributed by atoms with van der Waals surface area (Å²) >= 11 is 0. The van der Waals surface area contributed by atoms with Crippen LogP contribution in [0.3, 0.4) is 0 Å². The lowest BCUT2D eigenvalue weighted by Crippen LogP contribution is -2.01. The van der Waals surface area contributed by atoms with Crippen LogP contribution in [0.15, 0.2) is 48.6 Å². The van der Waals surface area contributed by atoms with E-state index in [9.17, 15) is 0 Å². The van der Waals surface area contributed by atoms with Crippen LogP contribution in [0.1, 0.15) is 0 Å². The predicted molar refractivity (Wildman–Crippen MR) is 49.8 cm³/mol. The maximum absolute atomic E-state index is 2.28. The number of rotatable bonds is 2. The van der Waals surface area contributed by atoms with Crippen LogP contribution in [0, 0.1) is 0 Å². The molecule has 1 heteroatoms. The molecule has 0 unspecified atom stereocenters. The van der Waals surface area contributed by atoms with Gasteiger partial charge in [0.25, 0.3) is 0 Å². The van der Waals surface area contributed by atoms with Crippen LogP contribution in [-0.2, 0) is 0 Å². The van der Waals surface area contributed by atoms with Crippen molar-refractivity contribution in [1.82, 2.24) is 0 Å². The van der Waals surface area contributed by atoms with Crippen molar-refractivity contribution in [3.63, 3.8) is 0 Å². The molecule has 0 aromatic carbocycles. The molecule has 0 nitrogen and oxygen atoms in total. The lowest BCUT2D eigenvalue weighted by atomic mass is 10.4. The van der Waals surface area contributed by atoms with Crippen LogP contribution in [0.5, 0.6) is 0 Å². The van der Waals surface area contributed by atoms with Crippen LogP contribution in [-0.4, -0.2) is 9.52 Å². The minimum absolute atomic E-state index is 0.701. The molecule has 0 saturated carbocycles. The maximum atomic E-state index is 2.28. The average Bonchev–Trinajstić information content (AvgIpc) is 2.60. The van der Waals surface area contributed by atoms with Gasteiger partial charge in [0.05, 0.1) is 9.52 Å². The minimum Gasteiger partial charge on any atom is -0.0809 e. The Hall–Kier alpha value is -0.823. The normalized spacial score (nSPS) is 22.5. The van der Waals surface area contributed by atoms with Crippen LogP contribution >= 0.6 is 0 Å². The lowest BCUT2D eigenvalue weighted by Gasteiger charge is -2.06. The summed E-state index contributed by atoms with van der Waals surface area (Å²) in [6.07, 6.45) is 17.7. The summed E-state index contributed by atoms with van der Waals surface area (Å²) in [6, 6.07) is 0. The van der Waals surface area contributed by atoms with Gasteiger partial charge in [-0.25, -0.2) is 0 Å². The Bertz CT molecular complexity index is 196. The van der Waals surface area contributed by atoms with E-state index in [2.05, 4.69) is 48.6 Å². The SMILES string of the molecule is C1=CC([Si]C2C=CC=C2)C=C1. The molecule has 0 amide bonds. The molecule has 0 bridgehead atoms. The van der Waals surface area contributed by atoms with E-state index < -0.39 is 0 Å². The summed E-state index contributed by atoms with van der Waals surface area (Å²) in [6.45, 7) is 0. The molecule has 0 saturated heterocycles. The van der Waals surface area contributed by atoms with Crippen molar-refractivity contribution in [3.05, 3.63) is 48.6 Å². The fourth-order valence-corrected chi connectivity index (χ4v) is 2.64.